The van der Waals surface area contributed by atoms with Gasteiger partial charge in [-0.1, -0.05) is 12.1 Å². The molecule has 1 aromatic rings. The maximum absolute atomic E-state index is 13.1. The topological polar surface area (TPSA) is 69.4 Å². The highest BCUT2D eigenvalue weighted by Crippen LogP contribution is 2.20. The molecule has 72 valence electrons. The second kappa shape index (κ2) is 3.31. The molecule has 13 heavy (non-hydrogen) atoms. The van der Waals surface area contributed by atoms with Crippen LogP contribution in [0.3, 0.4) is 0 Å². The summed E-state index contributed by atoms with van der Waals surface area (Å²) in [5, 5.41) is 4.57. The van der Waals surface area contributed by atoms with E-state index in [2.05, 4.69) is 9.32 Å². The molecule has 0 bridgehead atoms. The zero-order chi connectivity index (χ0) is 10.1. The van der Waals surface area contributed by atoms with E-state index in [0.717, 1.165) is 0 Å². The molecule has 1 aromatic carbocycles. The molecular weight excluding hydrogens is 197 g/mol. The maximum Gasteiger partial charge on any atom is 0.380 e. The van der Waals surface area contributed by atoms with E-state index in [9.17, 15) is 12.8 Å². The molecule has 4 nitrogen and oxygen atoms in total. The fourth-order valence-corrected chi connectivity index (χ4v) is 1.19. The van der Waals surface area contributed by atoms with Crippen molar-refractivity contribution in [1.82, 2.24) is 0 Å². The molecule has 0 radical (unpaired) electrons. The molecule has 0 spiro atoms. The first-order chi connectivity index (χ1) is 5.90. The van der Waals surface area contributed by atoms with Crippen LogP contribution in [0.4, 0.5) is 4.39 Å². The van der Waals surface area contributed by atoms with Gasteiger partial charge in [0, 0.05) is 0 Å². The molecule has 0 aliphatic heterocycles. The van der Waals surface area contributed by atoms with Gasteiger partial charge in [0.05, 0.1) is 0 Å². The Balaban J connectivity index is 3.10. The molecule has 6 heteroatoms. The Morgan fingerprint density at radius 3 is 2.62 bits per heavy atom. The van der Waals surface area contributed by atoms with E-state index in [1.165, 1.54) is 25.1 Å². The Kier molecular flexibility index (Phi) is 2.53. The predicted octanol–water partition coefficient (Wildman–Crippen LogP) is 0.716. The zero-order valence-corrected chi connectivity index (χ0v) is 7.64. The van der Waals surface area contributed by atoms with Crippen LogP contribution >= 0.6 is 0 Å². The first kappa shape index (κ1) is 9.94. The molecule has 0 heterocycles. The zero-order valence-electron chi connectivity index (χ0n) is 6.82. The third kappa shape index (κ3) is 2.67. The number of nitrogens with two attached hydrogens (primary N) is 1. The number of benzene rings is 1. The van der Waals surface area contributed by atoms with Gasteiger partial charge in [0.2, 0.25) is 0 Å². The van der Waals surface area contributed by atoms with Crippen LogP contribution in [-0.4, -0.2) is 8.42 Å². The largest absolute Gasteiger partial charge is 0.380 e. The third-order valence-electron chi connectivity index (χ3n) is 1.36. The standard InChI is InChI=1S/C7H8FNO3S/c1-5-3-2-4-6(7(5)8)12-13(9,10)11/h2-4H,1H3,(H2,9,10,11). The predicted molar refractivity (Wildman–Crippen MR) is 44.9 cm³/mol. The van der Waals surface area contributed by atoms with Crippen LogP contribution in [0.5, 0.6) is 5.75 Å². The quantitative estimate of drug-likeness (QED) is 0.773. The molecule has 0 unspecified atom stereocenters. The monoisotopic (exact) mass is 205 g/mol. The number of aryl methyl sites for hydroxylation is 1. The van der Waals surface area contributed by atoms with E-state index in [4.69, 9.17) is 0 Å². The molecule has 2 N–H and O–H groups in total. The highest BCUT2D eigenvalue weighted by molar-refractivity contribution is 7.84. The second-order valence-electron chi connectivity index (χ2n) is 2.46. The third-order valence-corrected chi connectivity index (χ3v) is 1.77. The molecule has 0 atom stereocenters. The van der Waals surface area contributed by atoms with Crippen molar-refractivity contribution in [2.75, 3.05) is 0 Å². The van der Waals surface area contributed by atoms with E-state index in [0.29, 0.717) is 5.56 Å². The van der Waals surface area contributed by atoms with E-state index in [-0.39, 0.29) is 5.75 Å². The van der Waals surface area contributed by atoms with Crippen LogP contribution in [0, 0.1) is 12.7 Å². The minimum Gasteiger partial charge on any atom is -0.368 e. The van der Waals surface area contributed by atoms with Gasteiger partial charge >= 0.3 is 10.3 Å². The lowest BCUT2D eigenvalue weighted by Crippen LogP contribution is -2.19. The molecule has 0 amide bonds. The summed E-state index contributed by atoms with van der Waals surface area (Å²) in [5.41, 5.74) is 0.293. The Labute approximate surface area is 75.4 Å². The number of hydrogen-bond acceptors (Lipinski definition) is 3. The van der Waals surface area contributed by atoms with Gasteiger partial charge in [0.1, 0.15) is 0 Å². The van der Waals surface area contributed by atoms with Gasteiger partial charge in [0.15, 0.2) is 11.6 Å². The summed E-state index contributed by atoms with van der Waals surface area (Å²) in [6.07, 6.45) is 0. The lowest BCUT2D eigenvalue weighted by molar-refractivity contribution is 0.461. The fourth-order valence-electron chi connectivity index (χ4n) is 0.810. The molecule has 0 saturated heterocycles. The average Bonchev–Trinajstić information content (AvgIpc) is 1.96. The van der Waals surface area contributed by atoms with E-state index >= 15 is 0 Å². The van der Waals surface area contributed by atoms with Gasteiger partial charge in [-0.3, -0.25) is 0 Å². The van der Waals surface area contributed by atoms with Gasteiger partial charge in [0.25, 0.3) is 0 Å². The Morgan fingerprint density at radius 2 is 2.08 bits per heavy atom. The summed E-state index contributed by atoms with van der Waals surface area (Å²) in [6, 6.07) is 4.15. The van der Waals surface area contributed by atoms with Gasteiger partial charge in [-0.2, -0.15) is 13.6 Å². The first-order valence-corrected chi connectivity index (χ1v) is 4.84. The summed E-state index contributed by atoms with van der Waals surface area (Å²) in [7, 11) is -4.16. The van der Waals surface area contributed by atoms with Crippen LogP contribution in [0.1, 0.15) is 5.56 Å². The van der Waals surface area contributed by atoms with Gasteiger partial charge in [-0.05, 0) is 18.6 Å². The smallest absolute Gasteiger partial charge is 0.368 e. The number of rotatable bonds is 2. The molecule has 0 aromatic heterocycles. The highest BCUT2D eigenvalue weighted by Gasteiger charge is 2.11. The maximum atomic E-state index is 13.1. The van der Waals surface area contributed by atoms with Crippen molar-refractivity contribution >= 4 is 10.3 Å². The molecule has 0 fully saturated rings. The van der Waals surface area contributed by atoms with E-state index in [1.807, 2.05) is 0 Å². The van der Waals surface area contributed by atoms with Gasteiger partial charge in [-0.15, -0.1) is 0 Å². The Hall–Kier alpha value is -1.14. The Bertz CT molecular complexity index is 416. The second-order valence-corrected chi connectivity index (χ2v) is 3.62. The van der Waals surface area contributed by atoms with Crippen molar-refractivity contribution in [3.63, 3.8) is 0 Å². The molecular formula is C7H8FNO3S. The van der Waals surface area contributed by atoms with Crippen LogP contribution in [0.2, 0.25) is 0 Å². The SMILES string of the molecule is Cc1cccc(OS(N)(=O)=O)c1F. The first-order valence-electron chi connectivity index (χ1n) is 3.37. The lowest BCUT2D eigenvalue weighted by Gasteiger charge is -2.04. The van der Waals surface area contributed by atoms with Crippen molar-refractivity contribution < 1.29 is 17.0 Å². The lowest BCUT2D eigenvalue weighted by atomic mass is 10.2. The van der Waals surface area contributed by atoms with E-state index in [1.54, 1.807) is 0 Å². The van der Waals surface area contributed by atoms with Crippen LogP contribution in [0.15, 0.2) is 18.2 Å². The Morgan fingerprint density at radius 1 is 1.46 bits per heavy atom. The minimum atomic E-state index is -4.16. The molecule has 1 rings (SSSR count). The normalized spacial score (nSPS) is 11.3. The van der Waals surface area contributed by atoms with Crippen LogP contribution in [0.25, 0.3) is 0 Å². The minimum absolute atomic E-state index is 0.293. The van der Waals surface area contributed by atoms with Gasteiger partial charge in [-0.25, -0.2) is 4.39 Å². The number of hydrogen-bond donors (Lipinski definition) is 1. The van der Waals surface area contributed by atoms with Crippen molar-refractivity contribution in [2.24, 2.45) is 5.14 Å². The highest BCUT2D eigenvalue weighted by atomic mass is 32.2. The molecule has 0 aliphatic carbocycles. The summed E-state index contributed by atoms with van der Waals surface area (Å²) in [5.74, 6) is -1.11. The van der Waals surface area contributed by atoms with Crippen molar-refractivity contribution in [2.45, 2.75) is 6.92 Å². The van der Waals surface area contributed by atoms with Gasteiger partial charge < -0.3 is 4.18 Å². The summed E-state index contributed by atoms with van der Waals surface area (Å²) >= 11 is 0. The molecule has 0 aliphatic rings. The van der Waals surface area contributed by atoms with Crippen LogP contribution in [-0.2, 0) is 10.3 Å². The van der Waals surface area contributed by atoms with E-state index < -0.39 is 16.1 Å². The van der Waals surface area contributed by atoms with Crippen molar-refractivity contribution in [1.29, 1.82) is 0 Å². The van der Waals surface area contributed by atoms with Crippen LogP contribution < -0.4 is 9.32 Å². The molecule has 0 saturated carbocycles. The summed E-state index contributed by atoms with van der Waals surface area (Å²) in [6.45, 7) is 1.49. The number of halogens is 1. The van der Waals surface area contributed by atoms with Crippen molar-refractivity contribution in [3.8, 4) is 5.75 Å². The average molecular weight is 205 g/mol. The summed E-state index contributed by atoms with van der Waals surface area (Å²) < 4.78 is 38.2. The summed E-state index contributed by atoms with van der Waals surface area (Å²) in [4.78, 5) is 0. The fraction of sp³-hybridized carbons (Fsp3) is 0.143. The van der Waals surface area contributed by atoms with Crippen molar-refractivity contribution in [3.05, 3.63) is 29.6 Å².